The molecule has 0 aromatic heterocycles. The van der Waals surface area contributed by atoms with Crippen LogP contribution in [0.5, 0.6) is 0 Å². The zero-order valence-corrected chi connectivity index (χ0v) is 8.83. The quantitative estimate of drug-likeness (QED) is 0.675. The fourth-order valence-electron chi connectivity index (χ4n) is 0.921. The first kappa shape index (κ1) is 15.6. The van der Waals surface area contributed by atoms with Crippen LogP contribution >= 0.6 is 0 Å². The van der Waals surface area contributed by atoms with Crippen LogP contribution in [0, 0.1) is 0 Å². The van der Waals surface area contributed by atoms with Crippen LogP contribution in [0.3, 0.4) is 0 Å². The van der Waals surface area contributed by atoms with Crippen molar-refractivity contribution in [2.45, 2.75) is 12.3 Å². The van der Waals surface area contributed by atoms with Gasteiger partial charge in [0.05, 0.1) is 6.61 Å². The highest BCUT2D eigenvalue weighted by molar-refractivity contribution is 5.87. The van der Waals surface area contributed by atoms with Gasteiger partial charge in [-0.15, -0.1) is 0 Å². The Balaban J connectivity index is 4.78. The topological polar surface area (TPSA) is 66.8 Å². The first-order valence-electron chi connectivity index (χ1n) is 4.39. The van der Waals surface area contributed by atoms with E-state index in [2.05, 4.69) is 4.74 Å². The summed E-state index contributed by atoms with van der Waals surface area (Å²) in [4.78, 5) is 21.4. The molecule has 17 heavy (non-hydrogen) atoms. The van der Waals surface area contributed by atoms with Crippen molar-refractivity contribution in [3.63, 3.8) is 0 Å². The van der Waals surface area contributed by atoms with E-state index in [1.54, 1.807) is 0 Å². The molecule has 0 fully saturated rings. The average Bonchev–Trinajstić information content (AvgIpc) is 2.22. The minimum Gasteiger partial charge on any atom is -0.480 e. The second-order valence-electron chi connectivity index (χ2n) is 3.04. The summed E-state index contributed by atoms with van der Waals surface area (Å²) in [5.74, 6) is -8.71. The van der Waals surface area contributed by atoms with E-state index >= 15 is 0 Å². The molecule has 0 spiro atoms. The molecule has 0 radical (unpaired) electrons. The highest BCUT2D eigenvalue weighted by atomic mass is 19.3. The average molecular weight is 261 g/mol. The summed E-state index contributed by atoms with van der Waals surface area (Å²) < 4.78 is 53.7. The number of alkyl halides is 4. The molecule has 1 N–H and O–H groups in total. The molecular weight excluding hydrogens is 250 g/mol. The van der Waals surface area contributed by atoms with E-state index in [0.29, 0.717) is 0 Å². The van der Waals surface area contributed by atoms with Crippen LogP contribution in [-0.2, 0) is 14.3 Å². The zero-order valence-electron chi connectivity index (χ0n) is 8.83. The van der Waals surface area contributed by atoms with E-state index in [1.165, 1.54) is 7.11 Å². The fourth-order valence-corrected chi connectivity index (χ4v) is 0.921. The first-order chi connectivity index (χ1) is 7.73. The number of nitrogens with zero attached hydrogens (tertiary/aromatic N) is 1. The summed E-state index contributed by atoms with van der Waals surface area (Å²) in [6, 6.07) is 0. The second kappa shape index (κ2) is 6.38. The maximum Gasteiger partial charge on any atom is 0.383 e. The van der Waals surface area contributed by atoms with Crippen molar-refractivity contribution in [1.82, 2.24) is 4.90 Å². The maximum absolute atomic E-state index is 12.7. The third-order valence-electron chi connectivity index (χ3n) is 1.74. The molecule has 0 aliphatic rings. The third kappa shape index (κ3) is 4.55. The van der Waals surface area contributed by atoms with Gasteiger partial charge in [0.2, 0.25) is 0 Å². The molecule has 1 amide bonds. The predicted molar refractivity (Wildman–Crippen MR) is 47.0 cm³/mol. The van der Waals surface area contributed by atoms with Gasteiger partial charge in [-0.3, -0.25) is 9.59 Å². The van der Waals surface area contributed by atoms with Crippen molar-refractivity contribution in [1.29, 1.82) is 0 Å². The number of hydrogen-bond donors (Lipinski definition) is 1. The molecule has 0 aliphatic heterocycles. The lowest BCUT2D eigenvalue weighted by molar-refractivity contribution is -0.182. The predicted octanol–water partition coefficient (Wildman–Crippen LogP) is 0.446. The summed E-state index contributed by atoms with van der Waals surface area (Å²) in [5.41, 5.74) is 0. The van der Waals surface area contributed by atoms with Gasteiger partial charge in [0, 0.05) is 13.7 Å². The number of carbonyl (C=O) groups excluding carboxylic acids is 1. The Hall–Kier alpha value is -1.38. The van der Waals surface area contributed by atoms with Gasteiger partial charge in [-0.1, -0.05) is 0 Å². The van der Waals surface area contributed by atoms with Gasteiger partial charge in [-0.05, 0) is 0 Å². The van der Waals surface area contributed by atoms with Gasteiger partial charge in [0.15, 0.2) is 0 Å². The van der Waals surface area contributed by atoms with Crippen LogP contribution < -0.4 is 0 Å². The Morgan fingerprint density at radius 1 is 1.41 bits per heavy atom. The van der Waals surface area contributed by atoms with E-state index in [4.69, 9.17) is 5.11 Å². The number of carboxylic acids is 1. The van der Waals surface area contributed by atoms with Crippen molar-refractivity contribution in [3.8, 4) is 0 Å². The first-order valence-corrected chi connectivity index (χ1v) is 4.39. The molecule has 0 heterocycles. The van der Waals surface area contributed by atoms with Crippen molar-refractivity contribution in [3.05, 3.63) is 0 Å². The third-order valence-corrected chi connectivity index (χ3v) is 1.74. The van der Waals surface area contributed by atoms with Gasteiger partial charge in [0.1, 0.15) is 6.54 Å². The monoisotopic (exact) mass is 261 g/mol. The molecule has 0 saturated carbocycles. The van der Waals surface area contributed by atoms with Gasteiger partial charge >= 0.3 is 18.3 Å². The zero-order chi connectivity index (χ0) is 13.6. The smallest absolute Gasteiger partial charge is 0.383 e. The molecule has 5 nitrogen and oxygen atoms in total. The van der Waals surface area contributed by atoms with Crippen LogP contribution in [0.1, 0.15) is 0 Å². The number of rotatable bonds is 7. The minimum absolute atomic E-state index is 0.109. The van der Waals surface area contributed by atoms with Gasteiger partial charge in [-0.25, -0.2) is 8.78 Å². The maximum atomic E-state index is 12.7. The number of carboxylic acid groups (broad SMARTS) is 1. The summed E-state index contributed by atoms with van der Waals surface area (Å²) in [7, 11) is 1.19. The summed E-state index contributed by atoms with van der Waals surface area (Å²) in [5, 5.41) is 8.37. The minimum atomic E-state index is -4.90. The van der Waals surface area contributed by atoms with Crippen molar-refractivity contribution in [2.24, 2.45) is 0 Å². The standard InChI is InChI=1S/C8H11F4NO4/c1-17-3-2-13(4-5(14)15)7(16)8(11,12)6(9)10/h6H,2-4H2,1H3,(H,14,15). The highest BCUT2D eigenvalue weighted by Crippen LogP contribution is 2.25. The van der Waals surface area contributed by atoms with Crippen LogP contribution in [0.15, 0.2) is 0 Å². The summed E-state index contributed by atoms with van der Waals surface area (Å²) in [6.07, 6.45) is -4.19. The van der Waals surface area contributed by atoms with Gasteiger partial charge in [0.25, 0.3) is 5.91 Å². The Bertz CT molecular complexity index is 285. The number of ether oxygens (including phenoxy) is 1. The van der Waals surface area contributed by atoms with E-state index in [-0.39, 0.29) is 11.5 Å². The van der Waals surface area contributed by atoms with Crippen LogP contribution in [0.4, 0.5) is 17.6 Å². The lowest BCUT2D eigenvalue weighted by Gasteiger charge is -2.24. The molecule has 0 aliphatic carbocycles. The SMILES string of the molecule is COCCN(CC(=O)O)C(=O)C(F)(F)C(F)F. The molecule has 0 unspecified atom stereocenters. The molecule has 0 aromatic carbocycles. The lowest BCUT2D eigenvalue weighted by atomic mass is 10.3. The molecule has 0 saturated heterocycles. The number of carbonyl (C=O) groups is 2. The Morgan fingerprint density at radius 2 is 1.94 bits per heavy atom. The molecule has 0 rings (SSSR count). The second-order valence-corrected chi connectivity index (χ2v) is 3.04. The largest absolute Gasteiger partial charge is 0.480 e. The Labute approximate surface area is 93.9 Å². The normalized spacial score (nSPS) is 11.6. The number of aliphatic carboxylic acids is 1. The Kier molecular flexibility index (Phi) is 5.86. The van der Waals surface area contributed by atoms with Crippen LogP contribution in [0.25, 0.3) is 0 Å². The van der Waals surface area contributed by atoms with Crippen LogP contribution in [-0.4, -0.2) is 61.0 Å². The van der Waals surface area contributed by atoms with Gasteiger partial charge < -0.3 is 14.7 Å². The summed E-state index contributed by atoms with van der Waals surface area (Å²) >= 11 is 0. The highest BCUT2D eigenvalue weighted by Gasteiger charge is 2.51. The van der Waals surface area contributed by atoms with Gasteiger partial charge in [-0.2, -0.15) is 8.78 Å². The lowest BCUT2D eigenvalue weighted by Crippen LogP contribution is -2.50. The van der Waals surface area contributed by atoms with E-state index in [9.17, 15) is 27.2 Å². The number of hydrogen-bond acceptors (Lipinski definition) is 3. The number of halogens is 4. The van der Waals surface area contributed by atoms with Crippen molar-refractivity contribution < 1.29 is 37.0 Å². The fraction of sp³-hybridized carbons (Fsp3) is 0.750. The molecule has 9 heteroatoms. The van der Waals surface area contributed by atoms with E-state index in [0.717, 1.165) is 0 Å². The molecule has 0 aromatic rings. The Morgan fingerprint density at radius 3 is 2.29 bits per heavy atom. The van der Waals surface area contributed by atoms with Crippen molar-refractivity contribution >= 4 is 11.9 Å². The van der Waals surface area contributed by atoms with Crippen LogP contribution in [0.2, 0.25) is 0 Å². The molecule has 0 atom stereocenters. The van der Waals surface area contributed by atoms with E-state index in [1.807, 2.05) is 0 Å². The molecule has 100 valence electrons. The summed E-state index contributed by atoms with van der Waals surface area (Å²) in [6.45, 7) is -1.84. The van der Waals surface area contributed by atoms with E-state index < -0.39 is 37.3 Å². The number of amides is 1. The van der Waals surface area contributed by atoms with Crippen molar-refractivity contribution in [2.75, 3.05) is 26.8 Å². The number of methoxy groups -OCH3 is 1. The molecule has 0 bridgehead atoms. The molecular formula is C8H11F4NO4.